The smallest absolute Gasteiger partial charge is 0.293 e. The molecule has 1 amide bonds. The highest BCUT2D eigenvalue weighted by atomic mass is 16.6. The Morgan fingerprint density at radius 3 is 2.57 bits per heavy atom. The first-order valence-electron chi connectivity index (χ1n) is 9.67. The Balaban J connectivity index is 1.50. The number of nitrogens with one attached hydrogen (secondary N) is 2. The SMILES string of the molecule is O=C(NC1CC1)c1ccc(Nc2ccc(N3CCCCC3)nc2)c([N+](=O)[O-])c1. The maximum absolute atomic E-state index is 12.2. The Bertz CT molecular complexity index is 874. The van der Waals surface area contributed by atoms with E-state index in [-0.39, 0.29) is 17.6 Å². The first-order valence-corrected chi connectivity index (χ1v) is 9.67. The summed E-state index contributed by atoms with van der Waals surface area (Å²) in [6, 6.07) is 8.48. The van der Waals surface area contributed by atoms with Crippen LogP contribution in [0, 0.1) is 10.1 Å². The van der Waals surface area contributed by atoms with E-state index < -0.39 is 4.92 Å². The Hall–Kier alpha value is -3.16. The van der Waals surface area contributed by atoms with Crippen molar-refractivity contribution in [2.24, 2.45) is 0 Å². The lowest BCUT2D eigenvalue weighted by Crippen LogP contribution is -2.29. The molecule has 2 aromatic rings. The number of carbonyl (C=O) groups excluding carboxylic acids is 1. The van der Waals surface area contributed by atoms with Gasteiger partial charge in [0.15, 0.2) is 0 Å². The minimum Gasteiger partial charge on any atom is -0.357 e. The fourth-order valence-electron chi connectivity index (χ4n) is 3.35. The topological polar surface area (TPSA) is 100 Å². The van der Waals surface area contributed by atoms with Crippen molar-refractivity contribution >= 4 is 28.8 Å². The van der Waals surface area contributed by atoms with Crippen LogP contribution in [0.25, 0.3) is 0 Å². The molecule has 1 aliphatic heterocycles. The van der Waals surface area contributed by atoms with Gasteiger partial charge in [0.2, 0.25) is 0 Å². The van der Waals surface area contributed by atoms with E-state index in [9.17, 15) is 14.9 Å². The van der Waals surface area contributed by atoms with Gasteiger partial charge < -0.3 is 15.5 Å². The molecule has 2 fully saturated rings. The van der Waals surface area contributed by atoms with Crippen molar-refractivity contribution in [3.63, 3.8) is 0 Å². The van der Waals surface area contributed by atoms with E-state index in [4.69, 9.17) is 0 Å². The van der Waals surface area contributed by atoms with Crippen molar-refractivity contribution in [3.05, 3.63) is 52.2 Å². The van der Waals surface area contributed by atoms with Gasteiger partial charge in [0.1, 0.15) is 11.5 Å². The molecule has 1 aromatic carbocycles. The second kappa shape index (κ2) is 7.84. The molecule has 0 bridgehead atoms. The first kappa shape index (κ1) is 18.2. The molecule has 1 aromatic heterocycles. The molecule has 0 unspecified atom stereocenters. The highest BCUT2D eigenvalue weighted by Gasteiger charge is 2.25. The number of aromatic nitrogens is 1. The molecule has 0 atom stereocenters. The Labute approximate surface area is 163 Å². The summed E-state index contributed by atoms with van der Waals surface area (Å²) in [7, 11) is 0. The number of hydrogen-bond acceptors (Lipinski definition) is 6. The number of hydrogen-bond donors (Lipinski definition) is 2. The number of pyridine rings is 1. The van der Waals surface area contributed by atoms with Crippen LogP contribution in [0.3, 0.4) is 0 Å². The molecule has 2 aliphatic rings. The molecule has 2 heterocycles. The van der Waals surface area contributed by atoms with Crippen molar-refractivity contribution < 1.29 is 9.72 Å². The van der Waals surface area contributed by atoms with Crippen molar-refractivity contribution in [2.45, 2.75) is 38.1 Å². The highest BCUT2D eigenvalue weighted by molar-refractivity contribution is 5.96. The first-order chi connectivity index (χ1) is 13.6. The van der Waals surface area contributed by atoms with Gasteiger partial charge in [-0.3, -0.25) is 14.9 Å². The minimum absolute atomic E-state index is 0.136. The van der Waals surface area contributed by atoms with Crippen molar-refractivity contribution in [3.8, 4) is 0 Å². The molecular formula is C20H23N5O3. The third kappa shape index (κ3) is 4.21. The third-order valence-electron chi connectivity index (χ3n) is 5.08. The van der Waals surface area contributed by atoms with Gasteiger partial charge in [-0.05, 0) is 56.4 Å². The van der Waals surface area contributed by atoms with Crippen LogP contribution in [-0.4, -0.2) is 34.9 Å². The van der Waals surface area contributed by atoms with Crippen LogP contribution in [0.2, 0.25) is 0 Å². The summed E-state index contributed by atoms with van der Waals surface area (Å²) in [5, 5.41) is 17.4. The maximum Gasteiger partial charge on any atom is 0.293 e. The van der Waals surface area contributed by atoms with Crippen LogP contribution in [-0.2, 0) is 0 Å². The average Bonchev–Trinajstić information content (AvgIpc) is 3.53. The quantitative estimate of drug-likeness (QED) is 0.586. The Morgan fingerprint density at radius 2 is 1.93 bits per heavy atom. The van der Waals surface area contributed by atoms with Crippen LogP contribution >= 0.6 is 0 Å². The zero-order chi connectivity index (χ0) is 19.5. The predicted molar refractivity (Wildman–Crippen MR) is 107 cm³/mol. The lowest BCUT2D eigenvalue weighted by Gasteiger charge is -2.27. The lowest BCUT2D eigenvalue weighted by molar-refractivity contribution is -0.383. The molecule has 28 heavy (non-hydrogen) atoms. The molecule has 0 radical (unpaired) electrons. The summed E-state index contributed by atoms with van der Waals surface area (Å²) < 4.78 is 0. The predicted octanol–water partition coefficient (Wildman–Crippen LogP) is 3.62. The minimum atomic E-state index is -0.480. The van der Waals surface area contributed by atoms with E-state index in [1.54, 1.807) is 18.3 Å². The fourth-order valence-corrected chi connectivity index (χ4v) is 3.35. The van der Waals surface area contributed by atoms with Gasteiger partial charge >= 0.3 is 0 Å². The Kier molecular flexibility index (Phi) is 5.10. The number of nitro groups is 1. The number of piperidine rings is 1. The highest BCUT2D eigenvalue weighted by Crippen LogP contribution is 2.30. The second-order valence-electron chi connectivity index (χ2n) is 7.31. The summed E-state index contributed by atoms with van der Waals surface area (Å²) in [5.41, 5.74) is 1.16. The van der Waals surface area contributed by atoms with Crippen molar-refractivity contribution in [1.29, 1.82) is 0 Å². The summed E-state index contributed by atoms with van der Waals surface area (Å²) in [4.78, 5) is 29.9. The molecule has 1 aliphatic carbocycles. The van der Waals surface area contributed by atoms with Crippen LogP contribution in [0.4, 0.5) is 22.9 Å². The Morgan fingerprint density at radius 1 is 1.14 bits per heavy atom. The van der Waals surface area contributed by atoms with Crippen molar-refractivity contribution in [1.82, 2.24) is 10.3 Å². The largest absolute Gasteiger partial charge is 0.357 e. The average molecular weight is 381 g/mol. The lowest BCUT2D eigenvalue weighted by atomic mass is 10.1. The molecule has 8 nitrogen and oxygen atoms in total. The number of nitrogens with zero attached hydrogens (tertiary/aromatic N) is 3. The second-order valence-corrected chi connectivity index (χ2v) is 7.31. The zero-order valence-electron chi connectivity index (χ0n) is 15.6. The molecule has 4 rings (SSSR count). The molecule has 1 saturated carbocycles. The van der Waals surface area contributed by atoms with Crippen molar-refractivity contribution in [2.75, 3.05) is 23.3 Å². The molecule has 0 spiro atoms. The number of nitro benzene ring substituents is 1. The van der Waals surface area contributed by atoms with E-state index in [2.05, 4.69) is 20.5 Å². The maximum atomic E-state index is 12.2. The van der Waals surface area contributed by atoms with Gasteiger partial charge in [0, 0.05) is 30.8 Å². The monoisotopic (exact) mass is 381 g/mol. The van der Waals surface area contributed by atoms with Gasteiger partial charge in [-0.15, -0.1) is 0 Å². The van der Waals surface area contributed by atoms with Gasteiger partial charge in [-0.2, -0.15) is 0 Å². The van der Waals surface area contributed by atoms with E-state index >= 15 is 0 Å². The number of amides is 1. The van der Waals surface area contributed by atoms with Crippen LogP contribution in [0.5, 0.6) is 0 Å². The standard InChI is InChI=1S/C20H23N5O3/c26-20(23-15-5-6-15)14-4-8-17(18(12-14)25(27)28)22-16-7-9-19(21-13-16)24-10-2-1-3-11-24/h4,7-9,12-13,15,22H,1-3,5-6,10-11H2,(H,23,26). The van der Waals surface area contributed by atoms with Gasteiger partial charge in [0.05, 0.1) is 16.8 Å². The van der Waals surface area contributed by atoms with E-state index in [1.165, 1.54) is 25.3 Å². The molecule has 146 valence electrons. The third-order valence-corrected chi connectivity index (χ3v) is 5.08. The summed E-state index contributed by atoms with van der Waals surface area (Å²) in [5.74, 6) is 0.650. The number of anilines is 3. The van der Waals surface area contributed by atoms with Crippen LogP contribution in [0.15, 0.2) is 36.5 Å². The van der Waals surface area contributed by atoms with E-state index in [0.717, 1.165) is 31.7 Å². The number of benzene rings is 1. The van der Waals surface area contributed by atoms with Crippen LogP contribution in [0.1, 0.15) is 42.5 Å². The van der Waals surface area contributed by atoms with Gasteiger partial charge in [0.25, 0.3) is 11.6 Å². The number of carbonyl (C=O) groups is 1. The normalized spacial score (nSPS) is 16.5. The van der Waals surface area contributed by atoms with Gasteiger partial charge in [-0.25, -0.2) is 4.98 Å². The molecule has 8 heteroatoms. The summed E-state index contributed by atoms with van der Waals surface area (Å²) >= 11 is 0. The van der Waals surface area contributed by atoms with E-state index in [0.29, 0.717) is 16.9 Å². The summed E-state index contributed by atoms with van der Waals surface area (Å²) in [6.07, 6.45) is 7.22. The summed E-state index contributed by atoms with van der Waals surface area (Å²) in [6.45, 7) is 2.02. The number of rotatable bonds is 6. The fraction of sp³-hybridized carbons (Fsp3) is 0.400. The molecule has 2 N–H and O–H groups in total. The molecule has 1 saturated heterocycles. The van der Waals surface area contributed by atoms with Gasteiger partial charge in [-0.1, -0.05) is 0 Å². The zero-order valence-corrected chi connectivity index (χ0v) is 15.6. The molecular weight excluding hydrogens is 358 g/mol. The van der Waals surface area contributed by atoms with Crippen LogP contribution < -0.4 is 15.5 Å². The van der Waals surface area contributed by atoms with E-state index in [1.807, 2.05) is 12.1 Å².